The number of carbonyl (C=O) groups excluding carboxylic acids is 1. The molecule has 2 heterocycles. The third kappa shape index (κ3) is 4.80. The molecule has 0 N–H and O–H groups in total. The molecule has 0 unspecified atom stereocenters. The van der Waals surface area contributed by atoms with Gasteiger partial charge in [-0.3, -0.25) is 29.2 Å². The fourth-order valence-electron chi connectivity index (χ4n) is 3.67. The van der Waals surface area contributed by atoms with Gasteiger partial charge < -0.3 is 4.90 Å². The molecule has 3 aromatic rings. The average Bonchev–Trinajstić information content (AvgIpc) is 2.76. The predicted octanol–water partition coefficient (Wildman–Crippen LogP) is 2.41. The standard InChI is InChI=1S/C21H20BrN5O4/c22-16-4-5-19-18(11-16)21(29)26(14-23-19)13-20(28)25-8-6-24(7-9-25)12-15-2-1-3-17(10-15)27(30)31/h1-5,10-11,14H,6-9,12-13H2. The molecule has 0 spiro atoms. The van der Waals surface area contributed by atoms with Crippen molar-refractivity contribution in [2.75, 3.05) is 26.2 Å². The van der Waals surface area contributed by atoms with Crippen molar-refractivity contribution in [3.05, 3.63) is 79.3 Å². The lowest BCUT2D eigenvalue weighted by Gasteiger charge is -2.34. The maximum Gasteiger partial charge on any atom is 0.269 e. The second kappa shape index (κ2) is 8.94. The van der Waals surface area contributed by atoms with Crippen LogP contribution >= 0.6 is 15.9 Å². The van der Waals surface area contributed by atoms with E-state index in [1.54, 1.807) is 29.2 Å². The average molecular weight is 486 g/mol. The van der Waals surface area contributed by atoms with Crippen molar-refractivity contribution in [2.45, 2.75) is 13.1 Å². The molecular formula is C21H20BrN5O4. The lowest BCUT2D eigenvalue weighted by atomic mass is 10.1. The Kier molecular flexibility index (Phi) is 6.10. The smallest absolute Gasteiger partial charge is 0.269 e. The minimum Gasteiger partial charge on any atom is -0.339 e. The molecule has 1 aromatic heterocycles. The summed E-state index contributed by atoms with van der Waals surface area (Å²) in [7, 11) is 0. The van der Waals surface area contributed by atoms with Gasteiger partial charge in [-0.05, 0) is 23.8 Å². The highest BCUT2D eigenvalue weighted by Crippen LogP contribution is 2.17. The topological polar surface area (TPSA) is 102 Å². The van der Waals surface area contributed by atoms with Gasteiger partial charge in [0.2, 0.25) is 5.91 Å². The zero-order valence-corrected chi connectivity index (χ0v) is 18.2. The van der Waals surface area contributed by atoms with Gasteiger partial charge in [-0.2, -0.15) is 0 Å². The molecule has 0 atom stereocenters. The molecule has 4 rings (SSSR count). The highest BCUT2D eigenvalue weighted by Gasteiger charge is 2.22. The van der Waals surface area contributed by atoms with Gasteiger partial charge in [0.25, 0.3) is 11.2 Å². The van der Waals surface area contributed by atoms with E-state index in [1.807, 2.05) is 12.1 Å². The number of non-ortho nitro benzene ring substituents is 1. The monoisotopic (exact) mass is 485 g/mol. The third-order valence-electron chi connectivity index (χ3n) is 5.34. The Hall–Kier alpha value is -3.11. The van der Waals surface area contributed by atoms with Gasteiger partial charge in [-0.1, -0.05) is 28.1 Å². The molecule has 160 valence electrons. The number of amides is 1. The van der Waals surface area contributed by atoms with Crippen LogP contribution in [0.5, 0.6) is 0 Å². The molecule has 0 aliphatic carbocycles. The Balaban J connectivity index is 1.37. The second-order valence-electron chi connectivity index (χ2n) is 7.42. The molecule has 31 heavy (non-hydrogen) atoms. The van der Waals surface area contributed by atoms with Gasteiger partial charge in [0, 0.05) is 49.3 Å². The van der Waals surface area contributed by atoms with Gasteiger partial charge in [-0.15, -0.1) is 0 Å². The summed E-state index contributed by atoms with van der Waals surface area (Å²) in [6, 6.07) is 11.9. The number of halogens is 1. The third-order valence-corrected chi connectivity index (χ3v) is 5.84. The Bertz CT molecular complexity index is 1200. The van der Waals surface area contributed by atoms with Crippen LogP contribution in [0.1, 0.15) is 5.56 Å². The summed E-state index contributed by atoms with van der Waals surface area (Å²) in [6.07, 6.45) is 1.41. The molecule has 1 saturated heterocycles. The number of fused-ring (bicyclic) bond motifs is 1. The lowest BCUT2D eigenvalue weighted by Crippen LogP contribution is -2.49. The minimum absolute atomic E-state index is 0.0564. The first-order valence-corrected chi connectivity index (χ1v) is 10.6. The number of hydrogen-bond donors (Lipinski definition) is 0. The number of rotatable bonds is 5. The molecular weight excluding hydrogens is 466 g/mol. The van der Waals surface area contributed by atoms with Crippen molar-refractivity contribution in [3.8, 4) is 0 Å². The van der Waals surface area contributed by atoms with E-state index in [9.17, 15) is 19.7 Å². The molecule has 1 aliphatic heterocycles. The number of nitro groups is 1. The Morgan fingerprint density at radius 1 is 1.13 bits per heavy atom. The van der Waals surface area contributed by atoms with Crippen molar-refractivity contribution in [3.63, 3.8) is 0 Å². The van der Waals surface area contributed by atoms with Crippen molar-refractivity contribution in [2.24, 2.45) is 0 Å². The molecule has 9 nitrogen and oxygen atoms in total. The van der Waals surface area contributed by atoms with E-state index in [0.29, 0.717) is 43.6 Å². The van der Waals surface area contributed by atoms with Crippen LogP contribution in [0.2, 0.25) is 0 Å². The summed E-state index contributed by atoms with van der Waals surface area (Å²) < 4.78 is 2.12. The first kappa shape index (κ1) is 21.1. The van der Waals surface area contributed by atoms with Crippen LogP contribution in [0.3, 0.4) is 0 Å². The van der Waals surface area contributed by atoms with E-state index >= 15 is 0 Å². The zero-order chi connectivity index (χ0) is 22.0. The Labute approximate surface area is 186 Å². The first-order chi connectivity index (χ1) is 14.9. The van der Waals surface area contributed by atoms with E-state index in [-0.39, 0.29) is 23.7 Å². The van der Waals surface area contributed by atoms with Crippen molar-refractivity contribution >= 4 is 38.4 Å². The van der Waals surface area contributed by atoms with E-state index in [1.165, 1.54) is 17.0 Å². The molecule has 1 aliphatic rings. The first-order valence-electron chi connectivity index (χ1n) is 9.79. The summed E-state index contributed by atoms with van der Waals surface area (Å²) in [5.41, 5.74) is 1.29. The largest absolute Gasteiger partial charge is 0.339 e. The fourth-order valence-corrected chi connectivity index (χ4v) is 4.03. The second-order valence-corrected chi connectivity index (χ2v) is 8.34. The van der Waals surface area contributed by atoms with Crippen LogP contribution in [0.4, 0.5) is 5.69 Å². The summed E-state index contributed by atoms with van der Waals surface area (Å²) in [5, 5.41) is 11.4. The van der Waals surface area contributed by atoms with Gasteiger partial charge in [0.1, 0.15) is 6.54 Å². The number of aromatic nitrogens is 2. The Morgan fingerprint density at radius 3 is 2.65 bits per heavy atom. The van der Waals surface area contributed by atoms with Crippen LogP contribution < -0.4 is 5.56 Å². The normalized spacial score (nSPS) is 14.7. The number of nitrogens with zero attached hydrogens (tertiary/aromatic N) is 5. The van der Waals surface area contributed by atoms with Crippen molar-refractivity contribution in [1.82, 2.24) is 19.4 Å². The number of benzene rings is 2. The molecule has 0 saturated carbocycles. The summed E-state index contributed by atoms with van der Waals surface area (Å²) in [6.45, 7) is 2.93. The number of piperazine rings is 1. The highest BCUT2D eigenvalue weighted by atomic mass is 79.9. The predicted molar refractivity (Wildman–Crippen MR) is 119 cm³/mol. The van der Waals surface area contributed by atoms with Gasteiger partial charge in [0.05, 0.1) is 22.2 Å². The van der Waals surface area contributed by atoms with Crippen LogP contribution in [-0.4, -0.2) is 56.4 Å². The summed E-state index contributed by atoms with van der Waals surface area (Å²) in [4.78, 5) is 44.2. The Morgan fingerprint density at radius 2 is 1.90 bits per heavy atom. The van der Waals surface area contributed by atoms with Crippen LogP contribution in [0.25, 0.3) is 10.9 Å². The molecule has 1 fully saturated rings. The summed E-state index contributed by atoms with van der Waals surface area (Å²) >= 11 is 3.36. The van der Waals surface area contributed by atoms with Gasteiger partial charge in [-0.25, -0.2) is 4.98 Å². The summed E-state index contributed by atoms with van der Waals surface area (Å²) in [5.74, 6) is -0.131. The zero-order valence-electron chi connectivity index (χ0n) is 16.6. The maximum absolute atomic E-state index is 12.7. The van der Waals surface area contributed by atoms with Crippen LogP contribution in [-0.2, 0) is 17.9 Å². The maximum atomic E-state index is 12.7. The van der Waals surface area contributed by atoms with Crippen molar-refractivity contribution < 1.29 is 9.72 Å². The van der Waals surface area contributed by atoms with Crippen LogP contribution in [0, 0.1) is 10.1 Å². The molecule has 0 bridgehead atoms. The van der Waals surface area contributed by atoms with Gasteiger partial charge in [0.15, 0.2) is 0 Å². The highest BCUT2D eigenvalue weighted by molar-refractivity contribution is 9.10. The van der Waals surface area contributed by atoms with Gasteiger partial charge >= 0.3 is 0 Å². The van der Waals surface area contributed by atoms with E-state index in [2.05, 4.69) is 25.8 Å². The molecule has 0 radical (unpaired) electrons. The van der Waals surface area contributed by atoms with E-state index < -0.39 is 4.92 Å². The molecule has 10 heteroatoms. The fraction of sp³-hybridized carbons (Fsp3) is 0.286. The van der Waals surface area contributed by atoms with E-state index in [4.69, 9.17) is 0 Å². The minimum atomic E-state index is -0.400. The molecule has 1 amide bonds. The molecule has 2 aromatic carbocycles. The van der Waals surface area contributed by atoms with E-state index in [0.717, 1.165) is 10.0 Å². The van der Waals surface area contributed by atoms with Crippen molar-refractivity contribution in [1.29, 1.82) is 0 Å². The quantitative estimate of drug-likeness (QED) is 0.406. The lowest BCUT2D eigenvalue weighted by molar-refractivity contribution is -0.384. The van der Waals surface area contributed by atoms with Crippen LogP contribution in [0.15, 0.2) is 58.1 Å². The SMILES string of the molecule is O=C(Cn1cnc2ccc(Br)cc2c1=O)N1CCN(Cc2cccc([N+](=O)[O-])c2)CC1. The number of carbonyl (C=O) groups is 1. The number of nitro benzene ring substituents is 1. The number of hydrogen-bond acceptors (Lipinski definition) is 6.